The molecule has 1 aliphatic rings. The molecule has 0 saturated carbocycles. The number of allylic oxidation sites excluding steroid dienone is 1. The molecule has 1 heterocycles. The van der Waals surface area contributed by atoms with Crippen LogP contribution in [-0.2, 0) is 9.47 Å². The van der Waals surface area contributed by atoms with Gasteiger partial charge in [0, 0.05) is 13.0 Å². The summed E-state index contributed by atoms with van der Waals surface area (Å²) >= 11 is 0. The molecule has 3 heteroatoms. The van der Waals surface area contributed by atoms with Gasteiger partial charge in [0.05, 0.1) is 6.61 Å². The molecule has 1 rings (SSSR count). The van der Waals surface area contributed by atoms with Crippen LogP contribution in [0.4, 0.5) is 0 Å². The van der Waals surface area contributed by atoms with Gasteiger partial charge in [-0.25, -0.2) is 0 Å². The van der Waals surface area contributed by atoms with E-state index in [0.717, 1.165) is 38.7 Å². The normalized spacial score (nSPS) is 20.8. The molecule has 102 valence electrons. The summed E-state index contributed by atoms with van der Waals surface area (Å²) in [6.07, 6.45) is 7.73. The number of hydrogen-bond acceptors (Lipinski definition) is 3. The van der Waals surface area contributed by atoms with Crippen molar-refractivity contribution in [2.24, 2.45) is 0 Å². The molecule has 0 spiro atoms. The van der Waals surface area contributed by atoms with Gasteiger partial charge in [-0.3, -0.25) is 0 Å². The van der Waals surface area contributed by atoms with Gasteiger partial charge in [0.15, 0.2) is 6.29 Å². The monoisotopic (exact) mass is 252 g/mol. The standard InChI is InChI=1S/C15H24O3/c1-2-3-9-14(16)10-5-4-7-12-17-15-11-6-8-13-18-15/h2,14-16H,1,3-4,6-9,11-13H2. The topological polar surface area (TPSA) is 38.7 Å². The van der Waals surface area contributed by atoms with Crippen molar-refractivity contribution >= 4 is 0 Å². The highest BCUT2D eigenvalue weighted by molar-refractivity contribution is 5.04. The van der Waals surface area contributed by atoms with E-state index in [9.17, 15) is 5.11 Å². The molecule has 1 fully saturated rings. The van der Waals surface area contributed by atoms with Gasteiger partial charge in [0.2, 0.25) is 0 Å². The fourth-order valence-electron chi connectivity index (χ4n) is 1.76. The third-order valence-electron chi connectivity index (χ3n) is 2.80. The first-order chi connectivity index (χ1) is 8.83. The van der Waals surface area contributed by atoms with Gasteiger partial charge < -0.3 is 14.6 Å². The van der Waals surface area contributed by atoms with E-state index in [0.29, 0.717) is 13.0 Å². The number of aliphatic hydroxyl groups is 1. The van der Waals surface area contributed by atoms with E-state index in [1.807, 2.05) is 0 Å². The maximum Gasteiger partial charge on any atom is 0.157 e. The minimum atomic E-state index is -0.523. The highest BCUT2D eigenvalue weighted by Crippen LogP contribution is 2.13. The minimum Gasteiger partial charge on any atom is -0.380 e. The lowest BCUT2D eigenvalue weighted by atomic mass is 10.2. The molecule has 0 radical (unpaired) electrons. The van der Waals surface area contributed by atoms with E-state index in [4.69, 9.17) is 9.47 Å². The van der Waals surface area contributed by atoms with Gasteiger partial charge in [-0.2, -0.15) is 0 Å². The molecule has 1 N–H and O–H groups in total. The molecule has 0 aromatic rings. The predicted molar refractivity (Wildman–Crippen MR) is 72.0 cm³/mol. The molecular weight excluding hydrogens is 228 g/mol. The van der Waals surface area contributed by atoms with Crippen molar-refractivity contribution in [3.63, 3.8) is 0 Å². The van der Waals surface area contributed by atoms with Crippen LogP contribution in [0.2, 0.25) is 0 Å². The molecular formula is C15H24O3. The first-order valence-electron chi connectivity index (χ1n) is 6.83. The second kappa shape index (κ2) is 10.1. The summed E-state index contributed by atoms with van der Waals surface area (Å²) in [7, 11) is 0. The predicted octanol–water partition coefficient (Wildman–Crippen LogP) is 2.64. The van der Waals surface area contributed by atoms with Crippen LogP contribution >= 0.6 is 0 Å². The fourth-order valence-corrected chi connectivity index (χ4v) is 1.76. The zero-order valence-corrected chi connectivity index (χ0v) is 11.1. The van der Waals surface area contributed by atoms with E-state index in [-0.39, 0.29) is 6.29 Å². The van der Waals surface area contributed by atoms with Crippen LogP contribution in [0.5, 0.6) is 0 Å². The van der Waals surface area contributed by atoms with E-state index >= 15 is 0 Å². The van der Waals surface area contributed by atoms with Crippen molar-refractivity contribution in [3.8, 4) is 11.8 Å². The third-order valence-corrected chi connectivity index (χ3v) is 2.80. The summed E-state index contributed by atoms with van der Waals surface area (Å²) < 4.78 is 11.0. The van der Waals surface area contributed by atoms with Gasteiger partial charge in [0.1, 0.15) is 6.10 Å². The van der Waals surface area contributed by atoms with E-state index in [1.165, 1.54) is 6.42 Å². The van der Waals surface area contributed by atoms with E-state index in [2.05, 4.69) is 18.4 Å². The van der Waals surface area contributed by atoms with Crippen LogP contribution in [0.1, 0.15) is 44.9 Å². The Balaban J connectivity index is 1.97. The third kappa shape index (κ3) is 7.50. The first-order valence-corrected chi connectivity index (χ1v) is 6.83. The molecule has 0 aromatic carbocycles. The number of rotatable bonds is 7. The number of unbranched alkanes of at least 4 members (excludes halogenated alkanes) is 1. The van der Waals surface area contributed by atoms with Gasteiger partial charge >= 0.3 is 0 Å². The van der Waals surface area contributed by atoms with E-state index < -0.39 is 6.10 Å². The second-order valence-corrected chi connectivity index (χ2v) is 4.47. The Morgan fingerprint density at radius 3 is 3.11 bits per heavy atom. The highest BCUT2D eigenvalue weighted by atomic mass is 16.7. The Morgan fingerprint density at radius 2 is 2.39 bits per heavy atom. The number of hydrogen-bond donors (Lipinski definition) is 1. The van der Waals surface area contributed by atoms with Gasteiger partial charge in [0.25, 0.3) is 0 Å². The van der Waals surface area contributed by atoms with Crippen LogP contribution in [0, 0.1) is 11.8 Å². The lowest BCUT2D eigenvalue weighted by Gasteiger charge is -2.22. The molecule has 2 unspecified atom stereocenters. The first kappa shape index (κ1) is 15.2. The fraction of sp³-hybridized carbons (Fsp3) is 0.733. The number of ether oxygens (including phenoxy) is 2. The van der Waals surface area contributed by atoms with Crippen molar-refractivity contribution in [3.05, 3.63) is 12.7 Å². The largest absolute Gasteiger partial charge is 0.380 e. The van der Waals surface area contributed by atoms with Gasteiger partial charge in [-0.05, 0) is 38.5 Å². The quantitative estimate of drug-likeness (QED) is 0.430. The van der Waals surface area contributed by atoms with Crippen molar-refractivity contribution in [1.29, 1.82) is 0 Å². The SMILES string of the molecule is C=CCCC(O)C#CCCCOC1CCCCO1. The molecule has 3 nitrogen and oxygen atoms in total. The molecule has 1 aliphatic heterocycles. The molecule has 0 aliphatic carbocycles. The number of aliphatic hydroxyl groups excluding tert-OH is 1. The van der Waals surface area contributed by atoms with Crippen molar-refractivity contribution in [2.45, 2.75) is 57.3 Å². The average Bonchev–Trinajstić information content (AvgIpc) is 2.41. The summed E-state index contributed by atoms with van der Waals surface area (Å²) in [5.74, 6) is 5.80. The average molecular weight is 252 g/mol. The van der Waals surface area contributed by atoms with Crippen LogP contribution in [0.15, 0.2) is 12.7 Å². The minimum absolute atomic E-state index is 0.00936. The Kier molecular flexibility index (Phi) is 8.58. The molecule has 0 aromatic heterocycles. The summed E-state index contributed by atoms with van der Waals surface area (Å²) in [4.78, 5) is 0. The molecule has 2 atom stereocenters. The lowest BCUT2D eigenvalue weighted by molar-refractivity contribution is -0.162. The molecule has 1 saturated heterocycles. The Morgan fingerprint density at radius 1 is 1.50 bits per heavy atom. The molecule has 0 amide bonds. The van der Waals surface area contributed by atoms with Crippen LogP contribution in [-0.4, -0.2) is 30.7 Å². The zero-order chi connectivity index (χ0) is 13.1. The lowest BCUT2D eigenvalue weighted by Crippen LogP contribution is -2.22. The maximum atomic E-state index is 9.47. The Labute approximate surface area is 110 Å². The second-order valence-electron chi connectivity index (χ2n) is 4.47. The summed E-state index contributed by atoms with van der Waals surface area (Å²) in [6.45, 7) is 5.11. The smallest absolute Gasteiger partial charge is 0.157 e. The van der Waals surface area contributed by atoms with Gasteiger partial charge in [-0.15, -0.1) is 12.5 Å². The Hall–Kier alpha value is -0.820. The van der Waals surface area contributed by atoms with Crippen LogP contribution in [0.25, 0.3) is 0 Å². The van der Waals surface area contributed by atoms with Crippen molar-refractivity contribution < 1.29 is 14.6 Å². The molecule has 0 bridgehead atoms. The Bertz CT molecular complexity index is 271. The van der Waals surface area contributed by atoms with Crippen LogP contribution < -0.4 is 0 Å². The van der Waals surface area contributed by atoms with E-state index in [1.54, 1.807) is 6.08 Å². The summed E-state index contributed by atoms with van der Waals surface area (Å²) in [5.41, 5.74) is 0. The van der Waals surface area contributed by atoms with Crippen molar-refractivity contribution in [2.75, 3.05) is 13.2 Å². The summed E-state index contributed by atoms with van der Waals surface area (Å²) in [5, 5.41) is 9.47. The van der Waals surface area contributed by atoms with Gasteiger partial charge in [-0.1, -0.05) is 12.0 Å². The van der Waals surface area contributed by atoms with Crippen LogP contribution in [0.3, 0.4) is 0 Å². The van der Waals surface area contributed by atoms with Crippen molar-refractivity contribution in [1.82, 2.24) is 0 Å². The summed E-state index contributed by atoms with van der Waals surface area (Å²) in [6, 6.07) is 0. The maximum absolute atomic E-state index is 9.47. The highest BCUT2D eigenvalue weighted by Gasteiger charge is 2.12. The molecule has 18 heavy (non-hydrogen) atoms. The zero-order valence-electron chi connectivity index (χ0n) is 11.1.